The van der Waals surface area contributed by atoms with Gasteiger partial charge in [0.25, 0.3) is 15.9 Å². The molecule has 7 nitrogen and oxygen atoms in total. The maximum Gasteiger partial charge on any atom is 0.283 e. The van der Waals surface area contributed by atoms with Crippen LogP contribution in [0.15, 0.2) is 32.1 Å². The first-order valence-electron chi connectivity index (χ1n) is 5.58. The summed E-state index contributed by atoms with van der Waals surface area (Å²) in [5.74, 6) is -0.325. The Labute approximate surface area is 119 Å². The number of carbonyl (C=O) groups is 1. The Balaban J connectivity index is 2.45. The molecule has 0 fully saturated rings. The molecule has 2 aromatic rings. The van der Waals surface area contributed by atoms with Gasteiger partial charge in [-0.2, -0.15) is 4.99 Å². The number of carbonyl (C=O) groups excluding carboxylic acids is 1. The van der Waals surface area contributed by atoms with Crippen molar-refractivity contribution in [2.45, 2.75) is 12.0 Å². The third kappa shape index (κ3) is 2.74. The lowest BCUT2D eigenvalue weighted by molar-refractivity contribution is 0.0996. The molecule has 0 aliphatic heterocycles. The van der Waals surface area contributed by atoms with Crippen molar-refractivity contribution in [3.8, 4) is 0 Å². The molecule has 0 unspecified atom stereocenters. The van der Waals surface area contributed by atoms with Crippen LogP contribution in [0.25, 0.3) is 0 Å². The minimum Gasteiger partial charge on any atom is -0.448 e. The molecule has 2 aromatic heterocycles. The van der Waals surface area contributed by atoms with Crippen LogP contribution in [-0.4, -0.2) is 25.9 Å². The third-order valence-corrected chi connectivity index (χ3v) is 4.73. The second-order valence-electron chi connectivity index (χ2n) is 3.96. The highest BCUT2D eigenvalue weighted by Gasteiger charge is 2.22. The number of nitrogens with one attached hydrogen (secondary N) is 1. The zero-order valence-corrected chi connectivity index (χ0v) is 12.7. The van der Waals surface area contributed by atoms with E-state index < -0.39 is 15.9 Å². The van der Waals surface area contributed by atoms with Gasteiger partial charge in [0.2, 0.25) is 5.09 Å². The Morgan fingerprint density at radius 1 is 1.50 bits per heavy atom. The number of rotatable bonds is 3. The lowest BCUT2D eigenvalue weighted by atomic mass is 10.2. The highest BCUT2D eigenvalue weighted by atomic mass is 32.2. The first-order valence-corrected chi connectivity index (χ1v) is 7.94. The summed E-state index contributed by atoms with van der Waals surface area (Å²) in [5.41, 5.74) is 0.132. The first-order chi connectivity index (χ1) is 9.35. The molecule has 0 saturated heterocycles. The zero-order chi connectivity index (χ0) is 14.9. The van der Waals surface area contributed by atoms with Gasteiger partial charge in [-0.05, 0) is 14.0 Å². The average Bonchev–Trinajstić information content (AvgIpc) is 2.97. The average molecular weight is 315 g/mol. The predicted octanol–water partition coefficient (Wildman–Crippen LogP) is 0.637. The molecular weight excluding hydrogens is 302 g/mol. The van der Waals surface area contributed by atoms with Crippen molar-refractivity contribution in [2.24, 2.45) is 12.0 Å². The largest absolute Gasteiger partial charge is 0.448 e. The first kappa shape index (κ1) is 14.7. The van der Waals surface area contributed by atoms with Gasteiger partial charge in [-0.15, -0.1) is 11.3 Å². The smallest absolute Gasteiger partial charge is 0.283 e. The van der Waals surface area contributed by atoms with Crippen molar-refractivity contribution in [1.82, 2.24) is 9.29 Å². The van der Waals surface area contributed by atoms with Gasteiger partial charge in [-0.25, -0.2) is 13.1 Å². The van der Waals surface area contributed by atoms with E-state index in [1.165, 1.54) is 31.4 Å². The monoisotopic (exact) mass is 315 g/mol. The molecule has 2 rings (SSSR count). The summed E-state index contributed by atoms with van der Waals surface area (Å²) < 4.78 is 32.2. The second-order valence-corrected chi connectivity index (χ2v) is 6.65. The highest BCUT2D eigenvalue weighted by molar-refractivity contribution is 7.89. The molecular formula is C11H13N3O4S2. The molecule has 2 heterocycles. The van der Waals surface area contributed by atoms with Crippen LogP contribution in [0.4, 0.5) is 0 Å². The van der Waals surface area contributed by atoms with E-state index in [1.54, 1.807) is 23.2 Å². The Kier molecular flexibility index (Phi) is 3.93. The molecule has 0 radical (unpaired) electrons. The van der Waals surface area contributed by atoms with Gasteiger partial charge in [-0.3, -0.25) is 4.79 Å². The number of sulfonamides is 1. The Morgan fingerprint density at radius 3 is 2.75 bits per heavy atom. The molecule has 0 atom stereocenters. The van der Waals surface area contributed by atoms with Gasteiger partial charge in [0.1, 0.15) is 5.76 Å². The molecule has 0 bridgehead atoms. The summed E-state index contributed by atoms with van der Waals surface area (Å²) in [5, 5.41) is 1.50. The molecule has 20 heavy (non-hydrogen) atoms. The van der Waals surface area contributed by atoms with Crippen molar-refractivity contribution in [3.63, 3.8) is 0 Å². The van der Waals surface area contributed by atoms with Gasteiger partial charge in [0.05, 0.1) is 5.56 Å². The minimum atomic E-state index is -3.72. The van der Waals surface area contributed by atoms with E-state index in [9.17, 15) is 13.2 Å². The van der Waals surface area contributed by atoms with Gasteiger partial charge in [0.15, 0.2) is 4.80 Å². The molecule has 1 N–H and O–H groups in total. The predicted molar refractivity (Wildman–Crippen MR) is 72.9 cm³/mol. The molecule has 0 aliphatic rings. The summed E-state index contributed by atoms with van der Waals surface area (Å²) in [6, 6.07) is 1.18. The van der Waals surface area contributed by atoms with Crippen molar-refractivity contribution in [3.05, 3.63) is 33.8 Å². The quantitative estimate of drug-likeness (QED) is 0.899. The fourth-order valence-electron chi connectivity index (χ4n) is 1.48. The van der Waals surface area contributed by atoms with Gasteiger partial charge < -0.3 is 8.98 Å². The number of thiazole rings is 1. The lowest BCUT2D eigenvalue weighted by Crippen LogP contribution is -2.17. The zero-order valence-electron chi connectivity index (χ0n) is 11.1. The van der Waals surface area contributed by atoms with Crippen LogP contribution in [0.1, 0.15) is 16.1 Å². The van der Waals surface area contributed by atoms with Crippen LogP contribution in [-0.2, 0) is 17.1 Å². The fraction of sp³-hybridized carbons (Fsp3) is 0.273. The maximum absolute atomic E-state index is 12.1. The molecule has 0 spiro atoms. The number of furan rings is 1. The van der Waals surface area contributed by atoms with Crippen LogP contribution in [0, 0.1) is 6.92 Å². The van der Waals surface area contributed by atoms with Crippen molar-refractivity contribution >= 4 is 27.3 Å². The van der Waals surface area contributed by atoms with E-state index in [0.29, 0.717) is 4.80 Å². The number of amides is 1. The standard InChI is InChI=1S/C11H13N3O4S2/c1-7-8(6-9(18-7)20(16,17)12-2)10(15)13-11-14(3)4-5-19-11/h4-6,12H,1-3H3. The summed E-state index contributed by atoms with van der Waals surface area (Å²) >= 11 is 1.31. The number of nitrogens with zero attached hydrogens (tertiary/aromatic N) is 2. The van der Waals surface area contributed by atoms with E-state index in [-0.39, 0.29) is 16.4 Å². The molecule has 108 valence electrons. The van der Waals surface area contributed by atoms with E-state index >= 15 is 0 Å². The van der Waals surface area contributed by atoms with E-state index in [4.69, 9.17) is 4.42 Å². The third-order valence-electron chi connectivity index (χ3n) is 2.62. The van der Waals surface area contributed by atoms with Crippen molar-refractivity contribution in [1.29, 1.82) is 0 Å². The normalized spacial score (nSPS) is 12.8. The van der Waals surface area contributed by atoms with Crippen LogP contribution in [0.3, 0.4) is 0 Å². The number of aromatic nitrogens is 1. The van der Waals surface area contributed by atoms with Crippen molar-refractivity contribution in [2.75, 3.05) is 7.05 Å². The van der Waals surface area contributed by atoms with Crippen LogP contribution < -0.4 is 9.52 Å². The number of hydrogen-bond donors (Lipinski definition) is 1. The van der Waals surface area contributed by atoms with E-state index in [2.05, 4.69) is 9.71 Å². The lowest BCUT2D eigenvalue weighted by Gasteiger charge is -1.94. The SMILES string of the molecule is CNS(=O)(=O)c1cc(C(=O)N=c2sccn2C)c(C)o1. The number of aryl methyl sites for hydroxylation is 2. The van der Waals surface area contributed by atoms with Crippen LogP contribution in [0.2, 0.25) is 0 Å². The van der Waals surface area contributed by atoms with Gasteiger partial charge in [-0.1, -0.05) is 0 Å². The Morgan fingerprint density at radius 2 is 2.20 bits per heavy atom. The Bertz CT molecular complexity index is 811. The van der Waals surface area contributed by atoms with Crippen molar-refractivity contribution < 1.29 is 17.6 Å². The summed E-state index contributed by atoms with van der Waals surface area (Å²) in [6.45, 7) is 1.52. The van der Waals surface area contributed by atoms with E-state index in [1.807, 2.05) is 0 Å². The minimum absolute atomic E-state index is 0.132. The summed E-state index contributed by atoms with van der Waals surface area (Å²) in [7, 11) is -0.683. The van der Waals surface area contributed by atoms with Gasteiger partial charge in [0, 0.05) is 24.7 Å². The maximum atomic E-state index is 12.1. The molecule has 0 aliphatic carbocycles. The molecule has 1 amide bonds. The molecule has 0 saturated carbocycles. The molecule has 0 aromatic carbocycles. The highest BCUT2D eigenvalue weighted by Crippen LogP contribution is 2.19. The Hall–Kier alpha value is -1.71. The second kappa shape index (κ2) is 5.35. The number of hydrogen-bond acceptors (Lipinski definition) is 5. The van der Waals surface area contributed by atoms with Gasteiger partial charge >= 0.3 is 0 Å². The van der Waals surface area contributed by atoms with Crippen LogP contribution in [0.5, 0.6) is 0 Å². The van der Waals surface area contributed by atoms with Crippen LogP contribution >= 0.6 is 11.3 Å². The summed E-state index contributed by atoms with van der Waals surface area (Å²) in [6.07, 6.45) is 1.77. The topological polar surface area (TPSA) is 93.7 Å². The fourth-order valence-corrected chi connectivity index (χ4v) is 2.92. The summed E-state index contributed by atoms with van der Waals surface area (Å²) in [4.78, 5) is 16.5. The molecule has 9 heteroatoms. The van der Waals surface area contributed by atoms with E-state index in [0.717, 1.165) is 0 Å².